The summed E-state index contributed by atoms with van der Waals surface area (Å²) in [4.78, 5) is 16.1. The zero-order chi connectivity index (χ0) is 15.6. The Hall–Kier alpha value is -2.27. The lowest BCUT2D eigenvalue weighted by molar-refractivity contribution is 0.340. The second-order valence-electron chi connectivity index (χ2n) is 6.17. The molecule has 23 heavy (non-hydrogen) atoms. The van der Waals surface area contributed by atoms with Crippen molar-refractivity contribution in [3.05, 3.63) is 48.7 Å². The predicted octanol–water partition coefficient (Wildman–Crippen LogP) is 2.70. The molecule has 118 valence electrons. The van der Waals surface area contributed by atoms with E-state index in [2.05, 4.69) is 26.4 Å². The number of nitrogens with zero attached hydrogens (tertiary/aromatic N) is 5. The maximum atomic E-state index is 4.86. The van der Waals surface area contributed by atoms with E-state index in [-0.39, 0.29) is 0 Å². The molecule has 1 saturated heterocycles. The Morgan fingerprint density at radius 2 is 2.04 bits per heavy atom. The van der Waals surface area contributed by atoms with Gasteiger partial charge in [-0.2, -0.15) is 0 Å². The van der Waals surface area contributed by atoms with Crippen molar-refractivity contribution in [3.8, 4) is 5.69 Å². The van der Waals surface area contributed by atoms with Gasteiger partial charge in [0, 0.05) is 31.6 Å². The summed E-state index contributed by atoms with van der Waals surface area (Å²) in [5.74, 6) is 1.78. The minimum atomic E-state index is 0.673. The first kappa shape index (κ1) is 14.3. The van der Waals surface area contributed by atoms with Crippen LogP contribution in [-0.4, -0.2) is 44.1 Å². The molecule has 1 atom stereocenters. The zero-order valence-electron chi connectivity index (χ0n) is 13.4. The van der Waals surface area contributed by atoms with E-state index in [9.17, 15) is 0 Å². The maximum absolute atomic E-state index is 4.86. The lowest BCUT2D eigenvalue weighted by atomic mass is 10.0. The lowest BCUT2D eigenvalue weighted by Crippen LogP contribution is -2.20. The molecule has 1 fully saturated rings. The average molecular weight is 307 g/mol. The third-order valence-corrected chi connectivity index (χ3v) is 4.69. The molecular formula is C18H21N5. The van der Waals surface area contributed by atoms with Crippen LogP contribution in [0.15, 0.2) is 42.9 Å². The van der Waals surface area contributed by atoms with Gasteiger partial charge < -0.3 is 4.90 Å². The number of likely N-dealkylation sites (tertiary alicyclic amines) is 1. The number of fused-ring (bicyclic) bond motifs is 1. The summed E-state index contributed by atoms with van der Waals surface area (Å²) >= 11 is 0. The van der Waals surface area contributed by atoms with E-state index < -0.39 is 0 Å². The van der Waals surface area contributed by atoms with Gasteiger partial charge in [-0.1, -0.05) is 6.92 Å². The van der Waals surface area contributed by atoms with Crippen LogP contribution in [0, 0.1) is 5.92 Å². The maximum Gasteiger partial charge on any atom is 0.164 e. The van der Waals surface area contributed by atoms with Crippen molar-refractivity contribution in [1.29, 1.82) is 0 Å². The van der Waals surface area contributed by atoms with Crippen LogP contribution in [0.5, 0.6) is 0 Å². The summed E-state index contributed by atoms with van der Waals surface area (Å²) in [6, 6.07) is 8.03. The Morgan fingerprint density at radius 1 is 1.17 bits per heavy atom. The summed E-state index contributed by atoms with van der Waals surface area (Å²) < 4.78 is 2.19. The highest BCUT2D eigenvalue weighted by Crippen LogP contribution is 2.25. The Kier molecular flexibility index (Phi) is 3.79. The highest BCUT2D eigenvalue weighted by Gasteiger charge is 2.24. The molecule has 0 aliphatic carbocycles. The first-order valence-corrected chi connectivity index (χ1v) is 8.30. The topological polar surface area (TPSA) is 46.8 Å². The average Bonchev–Trinajstić information content (AvgIpc) is 3.19. The minimum Gasteiger partial charge on any atom is -0.303 e. The number of hydrogen-bond acceptors (Lipinski definition) is 4. The van der Waals surface area contributed by atoms with Crippen molar-refractivity contribution >= 4 is 11.2 Å². The monoisotopic (exact) mass is 307 g/mol. The smallest absolute Gasteiger partial charge is 0.164 e. The predicted molar refractivity (Wildman–Crippen MR) is 90.6 cm³/mol. The molecule has 3 aromatic rings. The molecule has 1 aliphatic rings. The summed E-state index contributed by atoms with van der Waals surface area (Å²) in [7, 11) is 0. The van der Waals surface area contributed by atoms with Crippen molar-refractivity contribution in [2.45, 2.75) is 19.8 Å². The highest BCUT2D eigenvalue weighted by atomic mass is 15.2. The van der Waals surface area contributed by atoms with Gasteiger partial charge in [0.15, 0.2) is 5.65 Å². The molecule has 5 heteroatoms. The largest absolute Gasteiger partial charge is 0.303 e. The summed E-state index contributed by atoms with van der Waals surface area (Å²) in [5, 5.41) is 0. The van der Waals surface area contributed by atoms with Crippen molar-refractivity contribution in [3.63, 3.8) is 0 Å². The van der Waals surface area contributed by atoms with Gasteiger partial charge in [0.2, 0.25) is 0 Å². The molecule has 5 nitrogen and oxygen atoms in total. The summed E-state index contributed by atoms with van der Waals surface area (Å²) in [5.41, 5.74) is 2.98. The first-order valence-electron chi connectivity index (χ1n) is 8.30. The van der Waals surface area contributed by atoms with Gasteiger partial charge >= 0.3 is 0 Å². The van der Waals surface area contributed by atoms with E-state index in [1.165, 1.54) is 19.5 Å². The minimum absolute atomic E-state index is 0.673. The molecule has 4 heterocycles. The van der Waals surface area contributed by atoms with Gasteiger partial charge in [-0.15, -0.1) is 0 Å². The molecule has 1 unspecified atom stereocenters. The van der Waals surface area contributed by atoms with Crippen LogP contribution in [0.25, 0.3) is 16.9 Å². The molecule has 0 N–H and O–H groups in total. The van der Waals surface area contributed by atoms with Crippen LogP contribution in [0.1, 0.15) is 19.2 Å². The number of hydrogen-bond donors (Lipinski definition) is 0. The van der Waals surface area contributed by atoms with E-state index in [4.69, 9.17) is 4.98 Å². The molecule has 0 bridgehead atoms. The fraction of sp³-hybridized carbons (Fsp3) is 0.389. The van der Waals surface area contributed by atoms with Crippen molar-refractivity contribution in [1.82, 2.24) is 24.4 Å². The summed E-state index contributed by atoms with van der Waals surface area (Å²) in [6.07, 6.45) is 7.72. The second kappa shape index (κ2) is 6.08. The Morgan fingerprint density at radius 3 is 2.83 bits per heavy atom. The van der Waals surface area contributed by atoms with Gasteiger partial charge in [0.05, 0.1) is 5.69 Å². The van der Waals surface area contributed by atoms with E-state index in [1.807, 2.05) is 42.9 Å². The fourth-order valence-electron chi connectivity index (χ4n) is 3.49. The molecule has 0 saturated carbocycles. The molecule has 0 amide bonds. The van der Waals surface area contributed by atoms with Crippen LogP contribution >= 0.6 is 0 Å². The quantitative estimate of drug-likeness (QED) is 0.743. The van der Waals surface area contributed by atoms with Crippen LogP contribution in [0.2, 0.25) is 0 Å². The number of aromatic nitrogens is 4. The Labute approximate surface area is 136 Å². The highest BCUT2D eigenvalue weighted by molar-refractivity contribution is 5.73. The van der Waals surface area contributed by atoms with E-state index in [0.717, 1.165) is 35.6 Å². The number of rotatable bonds is 4. The van der Waals surface area contributed by atoms with Gasteiger partial charge in [-0.25, -0.2) is 9.97 Å². The second-order valence-corrected chi connectivity index (χ2v) is 6.17. The molecule has 0 spiro atoms. The Bertz CT molecular complexity index is 796. The van der Waals surface area contributed by atoms with Crippen LogP contribution in [0.4, 0.5) is 0 Å². The van der Waals surface area contributed by atoms with Crippen molar-refractivity contribution in [2.75, 3.05) is 19.6 Å². The van der Waals surface area contributed by atoms with Gasteiger partial charge in [-0.3, -0.25) is 9.55 Å². The first-order chi connectivity index (χ1) is 11.3. The van der Waals surface area contributed by atoms with Gasteiger partial charge in [0.25, 0.3) is 0 Å². The van der Waals surface area contributed by atoms with Gasteiger partial charge in [-0.05, 0) is 49.7 Å². The number of pyridine rings is 2. The van der Waals surface area contributed by atoms with E-state index >= 15 is 0 Å². The van der Waals surface area contributed by atoms with E-state index in [0.29, 0.717) is 5.92 Å². The standard InChI is InChI=1S/C18H21N5/c1-2-22-11-7-14(13-22)12-17-21-16-4-3-8-20-18(16)23(17)15-5-9-19-10-6-15/h3-6,8-10,14H,2,7,11-13H2,1H3. The van der Waals surface area contributed by atoms with Crippen molar-refractivity contribution < 1.29 is 0 Å². The Balaban J connectivity index is 1.74. The zero-order valence-corrected chi connectivity index (χ0v) is 13.4. The molecule has 0 radical (unpaired) electrons. The molecule has 1 aliphatic heterocycles. The van der Waals surface area contributed by atoms with Crippen molar-refractivity contribution in [2.24, 2.45) is 5.92 Å². The SMILES string of the molecule is CCN1CCC(Cc2nc3cccnc3n2-c2ccncc2)C1. The summed E-state index contributed by atoms with van der Waals surface area (Å²) in [6.45, 7) is 5.75. The fourth-order valence-corrected chi connectivity index (χ4v) is 3.49. The van der Waals surface area contributed by atoms with Crippen LogP contribution in [0.3, 0.4) is 0 Å². The van der Waals surface area contributed by atoms with E-state index in [1.54, 1.807) is 0 Å². The third kappa shape index (κ3) is 2.72. The van der Waals surface area contributed by atoms with Crippen LogP contribution < -0.4 is 0 Å². The number of imidazole rings is 1. The van der Waals surface area contributed by atoms with Gasteiger partial charge in [0.1, 0.15) is 11.3 Å². The molecule has 3 aromatic heterocycles. The normalized spacial score (nSPS) is 18.7. The molecule has 0 aromatic carbocycles. The third-order valence-electron chi connectivity index (χ3n) is 4.69. The molecular weight excluding hydrogens is 286 g/mol. The van der Waals surface area contributed by atoms with Crippen LogP contribution in [-0.2, 0) is 6.42 Å². The lowest BCUT2D eigenvalue weighted by Gasteiger charge is -2.14. The molecule has 4 rings (SSSR count).